The quantitative estimate of drug-likeness (QED) is 0.904. The van der Waals surface area contributed by atoms with E-state index in [9.17, 15) is 9.90 Å². The van der Waals surface area contributed by atoms with Crippen LogP contribution in [0.15, 0.2) is 30.3 Å². The molecule has 0 amide bonds. The first kappa shape index (κ1) is 14.2. The second kappa shape index (κ2) is 5.85. The lowest BCUT2D eigenvalue weighted by Crippen LogP contribution is -2.49. The van der Waals surface area contributed by atoms with Crippen LogP contribution in [-0.2, 0) is 10.4 Å². The second-order valence-corrected chi connectivity index (χ2v) is 5.73. The summed E-state index contributed by atoms with van der Waals surface area (Å²) in [6.07, 6.45) is 3.13. The molecular formula is C16H23NO2. The van der Waals surface area contributed by atoms with Crippen molar-refractivity contribution in [3.8, 4) is 0 Å². The summed E-state index contributed by atoms with van der Waals surface area (Å²) in [4.78, 5) is 13.8. The molecule has 104 valence electrons. The fraction of sp³-hybridized carbons (Fsp3) is 0.562. The number of hydrogen-bond acceptors (Lipinski definition) is 3. The molecule has 0 saturated carbocycles. The lowest BCUT2D eigenvalue weighted by atomic mass is 9.92. The van der Waals surface area contributed by atoms with Crippen molar-refractivity contribution in [2.24, 2.45) is 0 Å². The average Bonchev–Trinajstić information content (AvgIpc) is 2.39. The summed E-state index contributed by atoms with van der Waals surface area (Å²) in [5.74, 6) is 0.212. The summed E-state index contributed by atoms with van der Waals surface area (Å²) in [5, 5.41) is 10.7. The van der Waals surface area contributed by atoms with Crippen LogP contribution in [0.25, 0.3) is 0 Å². The number of benzene rings is 1. The number of likely N-dealkylation sites (tertiary alicyclic amines) is 1. The summed E-state index contributed by atoms with van der Waals surface area (Å²) < 4.78 is 0. The van der Waals surface area contributed by atoms with Crippen LogP contribution in [0.2, 0.25) is 0 Å². The van der Waals surface area contributed by atoms with E-state index >= 15 is 0 Å². The first-order chi connectivity index (χ1) is 9.00. The van der Waals surface area contributed by atoms with Gasteiger partial charge in [0.1, 0.15) is 5.78 Å². The molecule has 1 fully saturated rings. The highest BCUT2D eigenvalue weighted by Gasteiger charge is 2.32. The Kier molecular flexibility index (Phi) is 4.38. The predicted molar refractivity (Wildman–Crippen MR) is 75.9 cm³/mol. The molecule has 1 heterocycles. The number of carbonyl (C=O) groups excluding carboxylic acids is 1. The third kappa shape index (κ3) is 3.43. The second-order valence-electron chi connectivity index (χ2n) is 5.73. The van der Waals surface area contributed by atoms with Crippen LogP contribution in [0.3, 0.4) is 0 Å². The summed E-state index contributed by atoms with van der Waals surface area (Å²) in [6.45, 7) is 4.89. The Morgan fingerprint density at radius 2 is 2.05 bits per heavy atom. The molecule has 19 heavy (non-hydrogen) atoms. The van der Waals surface area contributed by atoms with Crippen molar-refractivity contribution >= 4 is 5.78 Å². The first-order valence-corrected chi connectivity index (χ1v) is 7.03. The zero-order chi connectivity index (χ0) is 13.9. The van der Waals surface area contributed by atoms with Gasteiger partial charge in [0.15, 0.2) is 0 Å². The molecule has 0 aliphatic carbocycles. The van der Waals surface area contributed by atoms with Crippen molar-refractivity contribution in [3.63, 3.8) is 0 Å². The number of β-amino-alcohol motifs (C(OH)–C–C–N with tert-alkyl or cyclic N) is 1. The van der Waals surface area contributed by atoms with E-state index in [0.717, 1.165) is 31.4 Å². The Hall–Kier alpha value is -1.19. The number of aliphatic hydroxyl groups is 1. The lowest BCUT2D eigenvalue weighted by molar-refractivity contribution is -0.125. The number of rotatable bonds is 4. The van der Waals surface area contributed by atoms with E-state index in [1.807, 2.05) is 37.3 Å². The Morgan fingerprint density at radius 3 is 2.68 bits per heavy atom. The largest absolute Gasteiger partial charge is 0.384 e. The molecule has 2 rings (SSSR count). The molecule has 0 spiro atoms. The third-order valence-corrected chi connectivity index (χ3v) is 3.99. The van der Waals surface area contributed by atoms with Crippen molar-refractivity contribution < 1.29 is 9.90 Å². The topological polar surface area (TPSA) is 40.5 Å². The summed E-state index contributed by atoms with van der Waals surface area (Å²) in [6, 6.07) is 9.66. The summed E-state index contributed by atoms with van der Waals surface area (Å²) in [5.41, 5.74) is -0.00498. The number of piperidine rings is 1. The molecule has 1 aromatic rings. The maximum atomic E-state index is 11.7. The van der Waals surface area contributed by atoms with Gasteiger partial charge in [0.2, 0.25) is 0 Å². The van der Waals surface area contributed by atoms with Gasteiger partial charge in [-0.05, 0) is 38.8 Å². The Morgan fingerprint density at radius 1 is 1.37 bits per heavy atom. The van der Waals surface area contributed by atoms with Crippen molar-refractivity contribution in [1.82, 2.24) is 4.90 Å². The van der Waals surface area contributed by atoms with E-state index in [4.69, 9.17) is 0 Å². The van der Waals surface area contributed by atoms with Crippen LogP contribution in [-0.4, -0.2) is 34.9 Å². The van der Waals surface area contributed by atoms with Crippen molar-refractivity contribution in [2.45, 2.75) is 44.8 Å². The molecule has 1 aromatic carbocycles. The Bertz CT molecular complexity index is 428. The van der Waals surface area contributed by atoms with Gasteiger partial charge in [-0.2, -0.15) is 0 Å². The molecule has 2 unspecified atom stereocenters. The Labute approximate surface area is 115 Å². The molecule has 3 heteroatoms. The molecule has 2 atom stereocenters. The Balaban J connectivity index is 2.12. The fourth-order valence-corrected chi connectivity index (χ4v) is 2.92. The van der Waals surface area contributed by atoms with Gasteiger partial charge in [0, 0.05) is 6.54 Å². The zero-order valence-corrected chi connectivity index (χ0v) is 11.8. The van der Waals surface area contributed by atoms with Crippen molar-refractivity contribution in [2.75, 3.05) is 13.1 Å². The molecular weight excluding hydrogens is 238 g/mol. The molecule has 1 saturated heterocycles. The minimum absolute atomic E-state index is 0.0241. The van der Waals surface area contributed by atoms with Gasteiger partial charge in [0.25, 0.3) is 0 Å². The van der Waals surface area contributed by atoms with E-state index in [0.29, 0.717) is 6.54 Å². The highest BCUT2D eigenvalue weighted by atomic mass is 16.3. The van der Waals surface area contributed by atoms with E-state index < -0.39 is 5.60 Å². The highest BCUT2D eigenvalue weighted by molar-refractivity contribution is 5.81. The highest BCUT2D eigenvalue weighted by Crippen LogP contribution is 2.26. The monoisotopic (exact) mass is 261 g/mol. The van der Waals surface area contributed by atoms with Gasteiger partial charge in [-0.3, -0.25) is 9.69 Å². The number of Topliss-reactive ketones (excluding diaryl/α,β-unsaturated/α-hetero) is 1. The van der Waals surface area contributed by atoms with Crippen LogP contribution in [0, 0.1) is 0 Å². The van der Waals surface area contributed by atoms with Crippen LogP contribution in [0.4, 0.5) is 0 Å². The van der Waals surface area contributed by atoms with E-state index in [2.05, 4.69) is 4.90 Å². The number of ketones is 1. The minimum atomic E-state index is -0.910. The van der Waals surface area contributed by atoms with Crippen LogP contribution in [0.1, 0.15) is 38.7 Å². The molecule has 3 nitrogen and oxygen atoms in total. The van der Waals surface area contributed by atoms with Gasteiger partial charge in [-0.15, -0.1) is 0 Å². The summed E-state index contributed by atoms with van der Waals surface area (Å²) >= 11 is 0. The molecule has 1 N–H and O–H groups in total. The SMILES string of the molecule is CC(=O)C1CCCCN1CC(C)(O)c1ccccc1. The fourth-order valence-electron chi connectivity index (χ4n) is 2.92. The molecule has 0 aromatic heterocycles. The normalized spacial score (nSPS) is 23.8. The van der Waals surface area contributed by atoms with Crippen LogP contribution < -0.4 is 0 Å². The molecule has 1 aliphatic heterocycles. The van der Waals surface area contributed by atoms with Gasteiger partial charge in [-0.1, -0.05) is 36.8 Å². The van der Waals surface area contributed by atoms with E-state index in [1.54, 1.807) is 6.92 Å². The summed E-state index contributed by atoms with van der Waals surface area (Å²) in [7, 11) is 0. The van der Waals surface area contributed by atoms with Crippen molar-refractivity contribution in [3.05, 3.63) is 35.9 Å². The van der Waals surface area contributed by atoms with Gasteiger partial charge >= 0.3 is 0 Å². The van der Waals surface area contributed by atoms with E-state index in [1.165, 1.54) is 0 Å². The first-order valence-electron chi connectivity index (χ1n) is 7.03. The lowest BCUT2D eigenvalue weighted by Gasteiger charge is -2.39. The van der Waals surface area contributed by atoms with Crippen LogP contribution in [0.5, 0.6) is 0 Å². The van der Waals surface area contributed by atoms with E-state index in [-0.39, 0.29) is 11.8 Å². The van der Waals surface area contributed by atoms with Gasteiger partial charge < -0.3 is 5.11 Å². The average molecular weight is 261 g/mol. The maximum Gasteiger partial charge on any atom is 0.146 e. The van der Waals surface area contributed by atoms with Gasteiger partial charge in [0.05, 0.1) is 11.6 Å². The van der Waals surface area contributed by atoms with Crippen LogP contribution >= 0.6 is 0 Å². The maximum absolute atomic E-state index is 11.7. The standard InChI is InChI=1S/C16H23NO2/c1-13(18)15-10-6-7-11-17(15)12-16(2,19)14-8-4-3-5-9-14/h3-5,8-9,15,19H,6-7,10-12H2,1-2H3. The smallest absolute Gasteiger partial charge is 0.146 e. The van der Waals surface area contributed by atoms with Crippen molar-refractivity contribution in [1.29, 1.82) is 0 Å². The predicted octanol–water partition coefficient (Wildman–Crippen LogP) is 2.34. The number of nitrogens with zero attached hydrogens (tertiary/aromatic N) is 1. The zero-order valence-electron chi connectivity index (χ0n) is 11.8. The number of carbonyl (C=O) groups is 1. The minimum Gasteiger partial charge on any atom is -0.384 e. The molecule has 0 radical (unpaired) electrons. The number of hydrogen-bond donors (Lipinski definition) is 1. The third-order valence-electron chi connectivity index (χ3n) is 3.99. The molecule has 1 aliphatic rings. The molecule has 0 bridgehead atoms. The van der Waals surface area contributed by atoms with Gasteiger partial charge in [-0.25, -0.2) is 0 Å².